The number of aliphatic carboxylic acids is 1. The minimum absolute atomic E-state index is 0. The number of carboxylic acids is 1. The van der Waals surface area contributed by atoms with Crippen LogP contribution in [0.4, 0.5) is 0 Å². The highest BCUT2D eigenvalue weighted by Gasteiger charge is 2.13. The summed E-state index contributed by atoms with van der Waals surface area (Å²) >= 11 is 0. The SMILES string of the molecule is CNC(CCCNC(=N)N)C(=O)O.Cl. The summed E-state index contributed by atoms with van der Waals surface area (Å²) < 4.78 is 0. The number of hydrogen-bond acceptors (Lipinski definition) is 3. The molecule has 7 heteroatoms. The first-order chi connectivity index (χ1) is 6.07. The van der Waals surface area contributed by atoms with Gasteiger partial charge in [-0.05, 0) is 19.9 Å². The molecular weight excluding hydrogens is 208 g/mol. The number of guanidine groups is 1. The number of halogens is 1. The lowest BCUT2D eigenvalue weighted by Crippen LogP contribution is -2.36. The number of likely N-dealkylation sites (N-methyl/N-ethyl adjacent to an activating group) is 1. The maximum absolute atomic E-state index is 10.5. The molecule has 0 aliphatic carbocycles. The molecule has 0 aromatic rings. The van der Waals surface area contributed by atoms with Crippen molar-refractivity contribution in [1.82, 2.24) is 10.6 Å². The van der Waals surface area contributed by atoms with Crippen LogP contribution in [0.5, 0.6) is 0 Å². The number of nitrogens with one attached hydrogen (secondary N) is 3. The van der Waals surface area contributed by atoms with E-state index in [2.05, 4.69) is 10.6 Å². The van der Waals surface area contributed by atoms with Gasteiger partial charge in [-0.1, -0.05) is 0 Å². The fourth-order valence-electron chi connectivity index (χ4n) is 0.921. The quantitative estimate of drug-likeness (QED) is 0.234. The Morgan fingerprint density at radius 1 is 1.64 bits per heavy atom. The smallest absolute Gasteiger partial charge is 0.320 e. The van der Waals surface area contributed by atoms with Crippen molar-refractivity contribution in [2.45, 2.75) is 18.9 Å². The van der Waals surface area contributed by atoms with Crippen molar-refractivity contribution < 1.29 is 9.90 Å². The Balaban J connectivity index is 0. The molecule has 0 aliphatic rings. The Morgan fingerprint density at radius 3 is 2.57 bits per heavy atom. The van der Waals surface area contributed by atoms with Gasteiger partial charge in [0.05, 0.1) is 0 Å². The zero-order chi connectivity index (χ0) is 10.3. The van der Waals surface area contributed by atoms with E-state index < -0.39 is 12.0 Å². The number of carbonyl (C=O) groups is 1. The van der Waals surface area contributed by atoms with E-state index in [4.69, 9.17) is 16.2 Å². The monoisotopic (exact) mass is 224 g/mol. The molecule has 84 valence electrons. The molecule has 6 nitrogen and oxygen atoms in total. The first kappa shape index (κ1) is 15.5. The Kier molecular flexibility index (Phi) is 9.48. The van der Waals surface area contributed by atoms with Gasteiger partial charge < -0.3 is 21.5 Å². The lowest BCUT2D eigenvalue weighted by atomic mass is 10.1. The van der Waals surface area contributed by atoms with Gasteiger partial charge in [0.2, 0.25) is 0 Å². The van der Waals surface area contributed by atoms with Crippen molar-refractivity contribution in [2.75, 3.05) is 13.6 Å². The average Bonchev–Trinajstić information content (AvgIpc) is 2.03. The van der Waals surface area contributed by atoms with Crippen molar-refractivity contribution in [3.8, 4) is 0 Å². The lowest BCUT2D eigenvalue weighted by Gasteiger charge is -2.10. The van der Waals surface area contributed by atoms with Crippen LogP contribution in [0, 0.1) is 5.41 Å². The average molecular weight is 225 g/mol. The number of carboxylic acid groups (broad SMARTS) is 1. The van der Waals surface area contributed by atoms with Crippen LogP contribution in [0.15, 0.2) is 0 Å². The fourth-order valence-corrected chi connectivity index (χ4v) is 0.921. The zero-order valence-corrected chi connectivity index (χ0v) is 8.86. The van der Waals surface area contributed by atoms with Crippen molar-refractivity contribution in [2.24, 2.45) is 5.73 Å². The summed E-state index contributed by atoms with van der Waals surface area (Å²) in [6.45, 7) is 0.529. The summed E-state index contributed by atoms with van der Waals surface area (Å²) in [5.74, 6) is -0.943. The highest BCUT2D eigenvalue weighted by molar-refractivity contribution is 5.85. The zero-order valence-electron chi connectivity index (χ0n) is 8.04. The highest BCUT2D eigenvalue weighted by atomic mass is 35.5. The van der Waals surface area contributed by atoms with Crippen molar-refractivity contribution in [3.05, 3.63) is 0 Å². The molecule has 0 aromatic heterocycles. The third kappa shape index (κ3) is 7.63. The van der Waals surface area contributed by atoms with Gasteiger partial charge >= 0.3 is 5.97 Å². The van der Waals surface area contributed by atoms with Crippen molar-refractivity contribution >= 4 is 24.3 Å². The minimum Gasteiger partial charge on any atom is -0.480 e. The summed E-state index contributed by atoms with van der Waals surface area (Å²) in [7, 11) is 1.61. The molecule has 0 aromatic carbocycles. The maximum Gasteiger partial charge on any atom is 0.320 e. The van der Waals surface area contributed by atoms with Gasteiger partial charge in [-0.2, -0.15) is 0 Å². The summed E-state index contributed by atoms with van der Waals surface area (Å²) in [6.07, 6.45) is 1.18. The number of rotatable bonds is 6. The Morgan fingerprint density at radius 2 is 2.21 bits per heavy atom. The first-order valence-corrected chi connectivity index (χ1v) is 4.06. The third-order valence-corrected chi connectivity index (χ3v) is 1.63. The second-order valence-corrected chi connectivity index (χ2v) is 2.66. The molecule has 0 rings (SSSR count). The van der Waals surface area contributed by atoms with Gasteiger partial charge in [-0.25, -0.2) is 0 Å². The predicted octanol–water partition coefficient (Wildman–Crippen LogP) is -0.656. The molecule has 0 radical (unpaired) electrons. The van der Waals surface area contributed by atoms with E-state index in [0.29, 0.717) is 19.4 Å². The first-order valence-electron chi connectivity index (χ1n) is 4.06. The number of nitrogens with two attached hydrogens (primary N) is 1. The maximum atomic E-state index is 10.5. The van der Waals surface area contributed by atoms with E-state index in [9.17, 15) is 4.79 Å². The highest BCUT2D eigenvalue weighted by Crippen LogP contribution is 1.95. The van der Waals surface area contributed by atoms with Crippen LogP contribution in [-0.2, 0) is 4.79 Å². The van der Waals surface area contributed by atoms with Crippen molar-refractivity contribution in [3.63, 3.8) is 0 Å². The summed E-state index contributed by atoms with van der Waals surface area (Å²) in [4.78, 5) is 10.5. The molecule has 1 unspecified atom stereocenters. The second-order valence-electron chi connectivity index (χ2n) is 2.66. The van der Waals surface area contributed by atoms with Crippen LogP contribution in [0.1, 0.15) is 12.8 Å². The van der Waals surface area contributed by atoms with Gasteiger partial charge in [0, 0.05) is 6.54 Å². The van der Waals surface area contributed by atoms with E-state index in [-0.39, 0.29) is 18.4 Å². The molecule has 0 saturated heterocycles. The number of hydrogen-bond donors (Lipinski definition) is 5. The molecular formula is C7H17ClN4O2. The van der Waals surface area contributed by atoms with Crippen LogP contribution in [-0.4, -0.2) is 36.7 Å². The summed E-state index contributed by atoms with van der Waals surface area (Å²) in [5, 5.41) is 20.8. The molecule has 0 amide bonds. The minimum atomic E-state index is -0.856. The second kappa shape index (κ2) is 8.58. The van der Waals surface area contributed by atoms with Gasteiger partial charge in [-0.15, -0.1) is 12.4 Å². The molecule has 0 aliphatic heterocycles. The third-order valence-electron chi connectivity index (χ3n) is 1.63. The van der Waals surface area contributed by atoms with Crippen LogP contribution in [0.3, 0.4) is 0 Å². The molecule has 0 saturated carbocycles. The predicted molar refractivity (Wildman–Crippen MR) is 56.9 cm³/mol. The lowest BCUT2D eigenvalue weighted by molar-refractivity contribution is -0.139. The van der Waals surface area contributed by atoms with E-state index in [0.717, 1.165) is 0 Å². The molecule has 0 spiro atoms. The van der Waals surface area contributed by atoms with Crippen LogP contribution in [0.25, 0.3) is 0 Å². The Bertz CT molecular complexity index is 189. The standard InChI is InChI=1S/C7H16N4O2.ClH/c1-10-5(6(12)13)3-2-4-11-7(8)9;/h5,10H,2-4H2,1H3,(H,12,13)(H4,8,9,11);1H. The molecule has 0 bridgehead atoms. The van der Waals surface area contributed by atoms with Crippen LogP contribution in [0.2, 0.25) is 0 Å². The molecule has 14 heavy (non-hydrogen) atoms. The topological polar surface area (TPSA) is 111 Å². The van der Waals surface area contributed by atoms with E-state index in [1.165, 1.54) is 0 Å². The van der Waals surface area contributed by atoms with E-state index >= 15 is 0 Å². The summed E-state index contributed by atoms with van der Waals surface area (Å²) in [6, 6.07) is -0.520. The fraction of sp³-hybridized carbons (Fsp3) is 0.714. The van der Waals surface area contributed by atoms with Gasteiger partial charge in [-0.3, -0.25) is 10.2 Å². The Hall–Kier alpha value is -1.01. The van der Waals surface area contributed by atoms with E-state index in [1.807, 2.05) is 0 Å². The van der Waals surface area contributed by atoms with Crippen molar-refractivity contribution in [1.29, 1.82) is 5.41 Å². The molecule has 1 atom stereocenters. The molecule has 0 fully saturated rings. The molecule has 0 heterocycles. The van der Waals surface area contributed by atoms with Gasteiger partial charge in [0.15, 0.2) is 5.96 Å². The van der Waals surface area contributed by atoms with Crippen LogP contribution < -0.4 is 16.4 Å². The summed E-state index contributed by atoms with van der Waals surface area (Å²) in [5.41, 5.74) is 5.04. The normalized spacial score (nSPS) is 11.2. The van der Waals surface area contributed by atoms with Crippen LogP contribution >= 0.6 is 12.4 Å². The Labute approximate surface area is 89.2 Å². The van der Waals surface area contributed by atoms with Gasteiger partial charge in [0.25, 0.3) is 0 Å². The largest absolute Gasteiger partial charge is 0.480 e. The van der Waals surface area contributed by atoms with E-state index in [1.54, 1.807) is 7.05 Å². The van der Waals surface area contributed by atoms with Gasteiger partial charge in [0.1, 0.15) is 6.04 Å². The molecule has 6 N–H and O–H groups in total.